The molecular weight excluding hydrogens is 437 g/mol. The van der Waals surface area contributed by atoms with Gasteiger partial charge in [0.15, 0.2) is 0 Å². The number of carbonyl (C=O) groups excluding carboxylic acids is 3. The van der Waals surface area contributed by atoms with Gasteiger partial charge < -0.3 is 9.64 Å². The molecule has 0 bridgehead atoms. The number of piperidine rings is 1. The van der Waals surface area contributed by atoms with Crippen LogP contribution in [0.3, 0.4) is 0 Å². The number of benzene rings is 2. The van der Waals surface area contributed by atoms with Crippen molar-refractivity contribution >= 4 is 17.7 Å². The Morgan fingerprint density at radius 2 is 1.88 bits per heavy atom. The number of hydrogen-bond acceptors (Lipinski definition) is 5. The van der Waals surface area contributed by atoms with Gasteiger partial charge in [0, 0.05) is 37.2 Å². The van der Waals surface area contributed by atoms with E-state index in [2.05, 4.69) is 10.2 Å². The molecule has 178 valence electrons. The summed E-state index contributed by atoms with van der Waals surface area (Å²) in [6.45, 7) is 4.24. The van der Waals surface area contributed by atoms with Crippen molar-refractivity contribution in [2.75, 3.05) is 13.1 Å². The summed E-state index contributed by atoms with van der Waals surface area (Å²) in [5.41, 5.74) is 2.32. The number of carbonyl (C=O) groups is 3. The van der Waals surface area contributed by atoms with Crippen molar-refractivity contribution in [3.8, 4) is 5.75 Å². The number of amides is 3. The highest BCUT2D eigenvalue weighted by molar-refractivity contribution is 6.05. The van der Waals surface area contributed by atoms with Crippen LogP contribution in [0.4, 0.5) is 4.39 Å². The van der Waals surface area contributed by atoms with E-state index in [9.17, 15) is 18.8 Å². The van der Waals surface area contributed by atoms with Crippen LogP contribution in [0.25, 0.3) is 0 Å². The number of nitrogens with zero attached hydrogens (tertiary/aromatic N) is 2. The summed E-state index contributed by atoms with van der Waals surface area (Å²) in [7, 11) is 0. The predicted octanol–water partition coefficient (Wildman–Crippen LogP) is 2.96. The maximum atomic E-state index is 14.1. The minimum Gasteiger partial charge on any atom is -0.489 e. The van der Waals surface area contributed by atoms with E-state index in [1.54, 1.807) is 19.1 Å². The number of rotatable bonds is 6. The van der Waals surface area contributed by atoms with Crippen LogP contribution in [0.1, 0.15) is 53.2 Å². The van der Waals surface area contributed by atoms with Gasteiger partial charge >= 0.3 is 0 Å². The quantitative estimate of drug-likeness (QED) is 0.664. The van der Waals surface area contributed by atoms with Crippen molar-refractivity contribution in [1.82, 2.24) is 15.1 Å². The van der Waals surface area contributed by atoms with Gasteiger partial charge in [0.1, 0.15) is 24.1 Å². The Hall–Kier alpha value is -3.26. The zero-order valence-electron chi connectivity index (χ0n) is 19.2. The molecule has 2 saturated heterocycles. The van der Waals surface area contributed by atoms with Crippen molar-refractivity contribution in [2.45, 2.75) is 57.6 Å². The fourth-order valence-electron chi connectivity index (χ4n) is 5.00. The molecule has 0 spiro atoms. The zero-order valence-corrected chi connectivity index (χ0v) is 19.2. The Morgan fingerprint density at radius 1 is 1.12 bits per heavy atom. The minimum absolute atomic E-state index is 0.217. The SMILES string of the molecule is CC1(F)CCN(Cc2ccc(COc3cccc4c3CN(C3CCC(=O)NC3=O)C4=O)cc2)C1. The summed E-state index contributed by atoms with van der Waals surface area (Å²) >= 11 is 0. The Morgan fingerprint density at radius 3 is 2.59 bits per heavy atom. The maximum absolute atomic E-state index is 14.1. The van der Waals surface area contributed by atoms with Crippen LogP contribution in [0, 0.1) is 0 Å². The van der Waals surface area contributed by atoms with Gasteiger partial charge in [-0.15, -0.1) is 0 Å². The average Bonchev–Trinajstić information content (AvgIpc) is 3.32. The van der Waals surface area contributed by atoms with Crippen molar-refractivity contribution in [2.24, 2.45) is 0 Å². The molecule has 7 nitrogen and oxygen atoms in total. The molecule has 2 aromatic rings. The second-order valence-corrected chi connectivity index (χ2v) is 9.66. The molecule has 34 heavy (non-hydrogen) atoms. The van der Waals surface area contributed by atoms with E-state index >= 15 is 0 Å². The molecule has 8 heteroatoms. The van der Waals surface area contributed by atoms with Crippen LogP contribution in [0.2, 0.25) is 0 Å². The van der Waals surface area contributed by atoms with Crippen LogP contribution in [0.5, 0.6) is 5.75 Å². The highest BCUT2D eigenvalue weighted by Gasteiger charge is 2.40. The zero-order chi connectivity index (χ0) is 23.9. The fourth-order valence-corrected chi connectivity index (χ4v) is 5.00. The van der Waals surface area contributed by atoms with Gasteiger partial charge in [0.2, 0.25) is 11.8 Å². The standard InChI is InChI=1S/C26H28FN3O4/c1-26(27)11-12-29(16-26)13-17-5-7-18(8-6-17)15-34-22-4-2-3-19-20(22)14-30(25(19)33)21-9-10-23(31)28-24(21)32/h2-8,21H,9-16H2,1H3,(H,28,31,32). The van der Waals surface area contributed by atoms with E-state index in [0.29, 0.717) is 37.3 Å². The monoisotopic (exact) mass is 465 g/mol. The lowest BCUT2D eigenvalue weighted by atomic mass is 10.0. The molecule has 0 aromatic heterocycles. The molecule has 2 atom stereocenters. The first-order valence-corrected chi connectivity index (χ1v) is 11.7. The summed E-state index contributed by atoms with van der Waals surface area (Å²) < 4.78 is 20.1. The molecule has 1 N–H and O–H groups in total. The molecule has 5 rings (SSSR count). The van der Waals surface area contributed by atoms with Crippen LogP contribution < -0.4 is 10.1 Å². The fraction of sp³-hybridized carbons (Fsp3) is 0.423. The van der Waals surface area contributed by atoms with Crippen LogP contribution in [-0.4, -0.2) is 52.3 Å². The highest BCUT2D eigenvalue weighted by atomic mass is 19.1. The number of alkyl halides is 1. The third kappa shape index (κ3) is 4.55. The Labute approximate surface area is 197 Å². The molecule has 3 heterocycles. The molecule has 2 fully saturated rings. The Kier molecular flexibility index (Phi) is 5.85. The minimum atomic E-state index is -1.10. The van der Waals surface area contributed by atoms with E-state index in [1.165, 1.54) is 4.90 Å². The summed E-state index contributed by atoms with van der Waals surface area (Å²) in [6, 6.07) is 12.8. The molecule has 0 aliphatic carbocycles. The number of fused-ring (bicyclic) bond motifs is 1. The van der Waals surface area contributed by atoms with Crippen molar-refractivity contribution in [3.63, 3.8) is 0 Å². The first-order chi connectivity index (χ1) is 16.3. The smallest absolute Gasteiger partial charge is 0.255 e. The van der Waals surface area contributed by atoms with Gasteiger partial charge in [-0.25, -0.2) is 4.39 Å². The topological polar surface area (TPSA) is 79.0 Å². The Bertz CT molecular complexity index is 1130. The summed E-state index contributed by atoms with van der Waals surface area (Å²) in [5.74, 6) is -0.332. The lowest BCUT2D eigenvalue weighted by molar-refractivity contribution is -0.136. The van der Waals surface area contributed by atoms with Gasteiger partial charge in [-0.1, -0.05) is 30.3 Å². The molecule has 0 saturated carbocycles. The van der Waals surface area contributed by atoms with Gasteiger partial charge in [0.05, 0.1) is 6.54 Å². The van der Waals surface area contributed by atoms with Gasteiger partial charge in [-0.05, 0) is 43.0 Å². The number of imide groups is 1. The molecule has 0 radical (unpaired) electrons. The van der Waals surface area contributed by atoms with Crippen molar-refractivity contribution in [1.29, 1.82) is 0 Å². The number of ether oxygens (including phenoxy) is 1. The van der Waals surface area contributed by atoms with Gasteiger partial charge in [0.25, 0.3) is 5.91 Å². The lowest BCUT2D eigenvalue weighted by Crippen LogP contribution is -2.52. The van der Waals surface area contributed by atoms with Gasteiger partial charge in [-0.2, -0.15) is 0 Å². The van der Waals surface area contributed by atoms with Crippen LogP contribution in [0.15, 0.2) is 42.5 Å². The molecular formula is C26H28FN3O4. The third-order valence-electron chi connectivity index (χ3n) is 6.87. The van der Waals surface area contributed by atoms with E-state index in [4.69, 9.17) is 4.74 Å². The summed E-state index contributed by atoms with van der Waals surface area (Å²) in [5, 5.41) is 2.32. The summed E-state index contributed by atoms with van der Waals surface area (Å²) in [6.07, 6.45) is 1.12. The third-order valence-corrected chi connectivity index (χ3v) is 6.87. The molecule has 3 aliphatic heterocycles. The predicted molar refractivity (Wildman–Crippen MR) is 123 cm³/mol. The van der Waals surface area contributed by atoms with E-state index in [0.717, 1.165) is 29.8 Å². The second-order valence-electron chi connectivity index (χ2n) is 9.66. The number of hydrogen-bond donors (Lipinski definition) is 1. The largest absolute Gasteiger partial charge is 0.489 e. The normalized spacial score (nSPS) is 24.9. The van der Waals surface area contributed by atoms with Crippen molar-refractivity contribution in [3.05, 3.63) is 64.7 Å². The summed E-state index contributed by atoms with van der Waals surface area (Å²) in [4.78, 5) is 40.3. The number of nitrogens with one attached hydrogen (secondary N) is 1. The van der Waals surface area contributed by atoms with E-state index in [1.807, 2.05) is 30.3 Å². The highest BCUT2D eigenvalue weighted by Crippen LogP contribution is 2.34. The van der Waals surface area contributed by atoms with Crippen molar-refractivity contribution < 1.29 is 23.5 Å². The molecule has 2 aromatic carbocycles. The number of halogens is 1. The average molecular weight is 466 g/mol. The van der Waals surface area contributed by atoms with E-state index < -0.39 is 17.6 Å². The van der Waals surface area contributed by atoms with Crippen LogP contribution >= 0.6 is 0 Å². The molecule has 2 unspecified atom stereocenters. The first kappa shape index (κ1) is 22.5. The first-order valence-electron chi connectivity index (χ1n) is 11.7. The van der Waals surface area contributed by atoms with Crippen LogP contribution in [-0.2, 0) is 29.3 Å². The lowest BCUT2D eigenvalue weighted by Gasteiger charge is -2.29. The molecule has 3 amide bonds. The number of likely N-dealkylation sites (tertiary alicyclic amines) is 1. The maximum Gasteiger partial charge on any atom is 0.255 e. The molecule has 3 aliphatic rings. The van der Waals surface area contributed by atoms with Gasteiger partial charge in [-0.3, -0.25) is 24.6 Å². The second kappa shape index (κ2) is 8.83. The van der Waals surface area contributed by atoms with E-state index in [-0.39, 0.29) is 24.8 Å². The Balaban J connectivity index is 1.22.